The summed E-state index contributed by atoms with van der Waals surface area (Å²) >= 11 is 36.5. The Kier molecular flexibility index (Phi) is 11.8. The molecule has 0 unspecified atom stereocenters. The van der Waals surface area contributed by atoms with Crippen molar-refractivity contribution in [2.45, 2.75) is 27.7 Å². The molecule has 0 saturated heterocycles. The molecule has 0 aliphatic rings. The maximum absolute atomic E-state index is 12.7. The molecular formula is C24H20Cl6O8. The van der Waals surface area contributed by atoms with Crippen molar-refractivity contribution in [2.75, 3.05) is 13.2 Å². The molecule has 14 heteroatoms. The van der Waals surface area contributed by atoms with Crippen molar-refractivity contribution in [2.24, 2.45) is 11.8 Å². The first kappa shape index (κ1) is 32.3. The Morgan fingerprint density at radius 1 is 0.605 bits per heavy atom. The van der Waals surface area contributed by atoms with Crippen LogP contribution in [0.4, 0.5) is 0 Å². The first-order valence-corrected chi connectivity index (χ1v) is 13.1. The van der Waals surface area contributed by atoms with Crippen LogP contribution in [-0.2, 0) is 19.1 Å². The zero-order valence-electron chi connectivity index (χ0n) is 20.3. The number of hydrogen-bond acceptors (Lipinski definition) is 8. The fourth-order valence-electron chi connectivity index (χ4n) is 2.62. The van der Waals surface area contributed by atoms with Gasteiger partial charge in [0, 0.05) is 0 Å². The van der Waals surface area contributed by atoms with Crippen LogP contribution in [0.5, 0.6) is 11.5 Å². The van der Waals surface area contributed by atoms with Gasteiger partial charge >= 0.3 is 23.9 Å². The Morgan fingerprint density at radius 2 is 0.921 bits per heavy atom. The smallest absolute Gasteiger partial charge is 0.423 e. The first-order valence-electron chi connectivity index (χ1n) is 10.8. The van der Waals surface area contributed by atoms with Gasteiger partial charge in [0.25, 0.3) is 0 Å². The highest BCUT2D eigenvalue weighted by Gasteiger charge is 2.32. The van der Waals surface area contributed by atoms with Gasteiger partial charge < -0.3 is 18.9 Å². The molecule has 2 aromatic rings. The molecule has 2 aromatic carbocycles. The fourth-order valence-corrected chi connectivity index (χ4v) is 4.06. The number of carbonyl (C=O) groups excluding carboxylic acids is 4. The standard InChI is InChI=1S/C24H20Cl6O8/c1-9(2)7-35-21(31)15-17(29)11(25)5-13(27)19(15)37-23(33)24(34)38-20-14(28)6-12(26)18(30)16(20)22(32)36-8-10(3)4/h5-6,9-10H,7-8H2,1-4H3. The predicted octanol–water partition coefficient (Wildman–Crippen LogP) is 7.74. The monoisotopic (exact) mass is 646 g/mol. The first-order chi connectivity index (χ1) is 17.6. The Balaban J connectivity index is 2.41. The number of esters is 4. The van der Waals surface area contributed by atoms with Gasteiger partial charge in [-0.15, -0.1) is 0 Å². The molecule has 0 amide bonds. The highest BCUT2D eigenvalue weighted by atomic mass is 35.5. The minimum absolute atomic E-state index is 0.000232. The van der Waals surface area contributed by atoms with Crippen LogP contribution in [0.25, 0.3) is 0 Å². The van der Waals surface area contributed by atoms with E-state index in [0.717, 1.165) is 12.1 Å². The van der Waals surface area contributed by atoms with Crippen LogP contribution in [0.15, 0.2) is 12.1 Å². The van der Waals surface area contributed by atoms with E-state index in [9.17, 15) is 19.2 Å². The SMILES string of the molecule is CC(C)COC(=O)c1c(Cl)c(Cl)cc(Cl)c1OC(=O)C(=O)Oc1c(Cl)cc(Cl)c(Cl)c1C(=O)OCC(C)C. The third-order valence-corrected chi connectivity index (χ3v) is 6.45. The minimum Gasteiger partial charge on any atom is -0.462 e. The number of ether oxygens (including phenoxy) is 4. The molecular weight excluding hydrogens is 629 g/mol. The van der Waals surface area contributed by atoms with E-state index in [-0.39, 0.29) is 55.2 Å². The summed E-state index contributed by atoms with van der Waals surface area (Å²) in [7, 11) is 0. The normalized spacial score (nSPS) is 10.9. The van der Waals surface area contributed by atoms with Crippen molar-refractivity contribution in [3.05, 3.63) is 53.4 Å². The van der Waals surface area contributed by atoms with Crippen molar-refractivity contribution in [3.63, 3.8) is 0 Å². The third kappa shape index (κ3) is 8.04. The minimum atomic E-state index is -1.66. The number of hydrogen-bond donors (Lipinski definition) is 0. The summed E-state index contributed by atoms with van der Waals surface area (Å²) in [6.45, 7) is 7.16. The van der Waals surface area contributed by atoms with Gasteiger partial charge in [0.05, 0.1) is 43.3 Å². The average molecular weight is 649 g/mol. The van der Waals surface area contributed by atoms with Crippen molar-refractivity contribution in [1.29, 1.82) is 0 Å². The largest absolute Gasteiger partial charge is 0.462 e. The molecule has 0 aliphatic heterocycles. The van der Waals surface area contributed by atoms with Gasteiger partial charge in [-0.05, 0) is 24.0 Å². The summed E-state index contributed by atoms with van der Waals surface area (Å²) in [5.41, 5.74) is -0.979. The van der Waals surface area contributed by atoms with E-state index >= 15 is 0 Å². The molecule has 38 heavy (non-hydrogen) atoms. The molecule has 0 N–H and O–H groups in total. The van der Waals surface area contributed by atoms with E-state index in [1.807, 2.05) is 0 Å². The molecule has 0 radical (unpaired) electrons. The molecule has 8 nitrogen and oxygen atoms in total. The number of rotatable bonds is 8. The summed E-state index contributed by atoms with van der Waals surface area (Å²) in [5, 5.41) is -1.59. The average Bonchev–Trinajstić information content (AvgIpc) is 2.82. The van der Waals surface area contributed by atoms with Crippen molar-refractivity contribution in [1.82, 2.24) is 0 Å². The molecule has 0 fully saturated rings. The highest BCUT2D eigenvalue weighted by molar-refractivity contribution is 6.47. The fraction of sp³-hybridized carbons (Fsp3) is 0.333. The van der Waals surface area contributed by atoms with Crippen molar-refractivity contribution < 1.29 is 38.1 Å². The maximum Gasteiger partial charge on any atom is 0.423 e. The van der Waals surface area contributed by atoms with Crippen LogP contribution in [0.2, 0.25) is 30.1 Å². The van der Waals surface area contributed by atoms with E-state index in [0.29, 0.717) is 0 Å². The summed E-state index contributed by atoms with van der Waals surface area (Å²) in [6.07, 6.45) is 0. The lowest BCUT2D eigenvalue weighted by Gasteiger charge is -2.16. The molecule has 0 saturated carbocycles. The zero-order chi connectivity index (χ0) is 28.9. The van der Waals surface area contributed by atoms with Crippen LogP contribution >= 0.6 is 69.6 Å². The van der Waals surface area contributed by atoms with Gasteiger partial charge in [-0.25, -0.2) is 19.2 Å². The lowest BCUT2D eigenvalue weighted by Crippen LogP contribution is -2.27. The Hall–Kier alpha value is -1.94. The van der Waals surface area contributed by atoms with Crippen molar-refractivity contribution >= 4 is 93.5 Å². The quantitative estimate of drug-likeness (QED) is 0.124. The van der Waals surface area contributed by atoms with E-state index in [1.165, 1.54) is 0 Å². The van der Waals surface area contributed by atoms with E-state index < -0.39 is 46.5 Å². The number of benzene rings is 2. The summed E-state index contributed by atoms with van der Waals surface area (Å²) < 4.78 is 20.4. The molecule has 0 aromatic heterocycles. The number of halogens is 6. The van der Waals surface area contributed by atoms with Crippen LogP contribution < -0.4 is 9.47 Å². The second kappa shape index (κ2) is 13.9. The third-order valence-electron chi connectivity index (χ3n) is 4.31. The topological polar surface area (TPSA) is 105 Å². The van der Waals surface area contributed by atoms with Gasteiger partial charge in [-0.3, -0.25) is 0 Å². The van der Waals surface area contributed by atoms with Crippen molar-refractivity contribution in [3.8, 4) is 11.5 Å². The number of carbonyl (C=O) groups is 4. The van der Waals surface area contributed by atoms with Crippen LogP contribution in [0.1, 0.15) is 48.4 Å². The highest BCUT2D eigenvalue weighted by Crippen LogP contribution is 2.41. The van der Waals surface area contributed by atoms with Gasteiger partial charge in [-0.2, -0.15) is 0 Å². The van der Waals surface area contributed by atoms with Crippen LogP contribution in [0.3, 0.4) is 0 Å². The van der Waals surface area contributed by atoms with E-state index in [2.05, 4.69) is 0 Å². The lowest BCUT2D eigenvalue weighted by molar-refractivity contribution is -0.156. The summed E-state index contributed by atoms with van der Waals surface area (Å²) in [4.78, 5) is 50.6. The summed E-state index contributed by atoms with van der Waals surface area (Å²) in [5.74, 6) is -6.61. The second-order valence-corrected chi connectivity index (χ2v) is 10.9. The molecule has 2 rings (SSSR count). The Morgan fingerprint density at radius 3 is 1.21 bits per heavy atom. The molecule has 0 bridgehead atoms. The van der Waals surface area contributed by atoms with Gasteiger partial charge in [0.2, 0.25) is 0 Å². The Labute approximate surface area is 248 Å². The van der Waals surface area contributed by atoms with Gasteiger partial charge in [0.1, 0.15) is 11.1 Å². The zero-order valence-corrected chi connectivity index (χ0v) is 24.8. The molecule has 206 valence electrons. The van der Waals surface area contributed by atoms with Gasteiger partial charge in [0.15, 0.2) is 11.5 Å². The maximum atomic E-state index is 12.7. The summed E-state index contributed by atoms with van der Waals surface area (Å²) in [6, 6.07) is 2.19. The second-order valence-electron chi connectivity index (χ2n) is 8.48. The van der Waals surface area contributed by atoms with E-state index in [4.69, 9.17) is 88.6 Å². The molecule has 0 aliphatic carbocycles. The molecule has 0 atom stereocenters. The van der Waals surface area contributed by atoms with Crippen LogP contribution in [0, 0.1) is 11.8 Å². The van der Waals surface area contributed by atoms with Crippen LogP contribution in [-0.4, -0.2) is 37.1 Å². The molecule has 0 spiro atoms. The lowest BCUT2D eigenvalue weighted by atomic mass is 10.2. The Bertz CT molecular complexity index is 1180. The van der Waals surface area contributed by atoms with E-state index in [1.54, 1.807) is 27.7 Å². The molecule has 0 heterocycles. The van der Waals surface area contributed by atoms with Gasteiger partial charge in [-0.1, -0.05) is 97.3 Å². The predicted molar refractivity (Wildman–Crippen MR) is 144 cm³/mol.